The van der Waals surface area contributed by atoms with Crippen LogP contribution in [0.3, 0.4) is 0 Å². The lowest BCUT2D eigenvalue weighted by Gasteiger charge is -2.09. The normalized spacial score (nSPS) is 13.5. The van der Waals surface area contributed by atoms with E-state index in [2.05, 4.69) is 35.5 Å². The Labute approximate surface area is 138 Å². The number of benzene rings is 1. The Morgan fingerprint density at radius 3 is 3.09 bits per heavy atom. The number of anilines is 1. The number of carbonyl (C=O) groups excluding carboxylic acids is 1. The molecule has 23 heavy (non-hydrogen) atoms. The molecule has 4 rings (SSSR count). The Hall–Kier alpha value is -2.21. The van der Waals surface area contributed by atoms with Crippen LogP contribution in [0.1, 0.15) is 16.8 Å². The van der Waals surface area contributed by atoms with Crippen LogP contribution in [-0.4, -0.2) is 20.3 Å². The number of aromatic nitrogens is 3. The molecule has 1 aromatic carbocycles. The van der Waals surface area contributed by atoms with Gasteiger partial charge in [0.1, 0.15) is 12.4 Å². The van der Waals surface area contributed by atoms with E-state index in [1.165, 1.54) is 11.1 Å². The van der Waals surface area contributed by atoms with Crippen molar-refractivity contribution >= 4 is 34.4 Å². The van der Waals surface area contributed by atoms with Gasteiger partial charge >= 0.3 is 0 Å². The molecule has 0 atom stereocenters. The minimum absolute atomic E-state index is 0.0224. The molecule has 2 aromatic heterocycles. The molecule has 0 spiro atoms. The molecular formula is C17H18N4OS. The van der Waals surface area contributed by atoms with Crippen LogP contribution < -0.4 is 5.32 Å². The van der Waals surface area contributed by atoms with Gasteiger partial charge in [0.25, 0.3) is 0 Å². The number of aryl methyl sites for hydroxylation is 2. The number of carbonyl (C=O) groups is 1. The molecule has 3 heterocycles. The first-order valence-corrected chi connectivity index (χ1v) is 8.75. The lowest BCUT2D eigenvalue weighted by atomic mass is 10.2. The highest BCUT2D eigenvalue weighted by Gasteiger charge is 2.22. The third-order valence-electron chi connectivity index (χ3n) is 4.21. The van der Waals surface area contributed by atoms with E-state index in [4.69, 9.17) is 0 Å². The Balaban J connectivity index is 1.56. The van der Waals surface area contributed by atoms with Crippen molar-refractivity contribution in [3.8, 4) is 0 Å². The van der Waals surface area contributed by atoms with Gasteiger partial charge < -0.3 is 9.88 Å². The summed E-state index contributed by atoms with van der Waals surface area (Å²) in [5.74, 6) is 2.67. The van der Waals surface area contributed by atoms with E-state index in [9.17, 15) is 4.79 Å². The van der Waals surface area contributed by atoms with Gasteiger partial charge in [0.15, 0.2) is 0 Å². The van der Waals surface area contributed by atoms with Gasteiger partial charge in [-0.1, -0.05) is 11.6 Å². The fourth-order valence-corrected chi connectivity index (χ4v) is 4.12. The summed E-state index contributed by atoms with van der Waals surface area (Å²) >= 11 is 1.84. The molecule has 0 fully saturated rings. The van der Waals surface area contributed by atoms with Gasteiger partial charge in [0.2, 0.25) is 5.91 Å². The minimum atomic E-state index is -0.0224. The first-order valence-electron chi connectivity index (χ1n) is 7.59. The van der Waals surface area contributed by atoms with Crippen molar-refractivity contribution in [2.75, 3.05) is 5.32 Å². The minimum Gasteiger partial charge on any atom is -0.338 e. The first-order chi connectivity index (χ1) is 11.1. The maximum atomic E-state index is 12.5. The molecule has 1 aliphatic rings. The summed E-state index contributed by atoms with van der Waals surface area (Å²) in [7, 11) is 1.88. The monoisotopic (exact) mass is 326 g/mol. The summed E-state index contributed by atoms with van der Waals surface area (Å²) in [6.45, 7) is 2.38. The fourth-order valence-electron chi connectivity index (χ4n) is 3.08. The molecule has 0 saturated carbocycles. The predicted octanol–water partition coefficient (Wildman–Crippen LogP) is 3.07. The molecule has 0 bridgehead atoms. The molecular weight excluding hydrogens is 308 g/mol. The van der Waals surface area contributed by atoms with E-state index >= 15 is 0 Å². The van der Waals surface area contributed by atoms with Crippen molar-refractivity contribution in [2.45, 2.75) is 25.0 Å². The highest BCUT2D eigenvalue weighted by atomic mass is 32.2. The van der Waals surface area contributed by atoms with Crippen LogP contribution in [0.4, 0.5) is 5.82 Å². The molecule has 1 amide bonds. The third kappa shape index (κ3) is 2.53. The van der Waals surface area contributed by atoms with E-state index in [1.54, 1.807) is 4.68 Å². The number of hydrogen-bond acceptors (Lipinski definition) is 3. The summed E-state index contributed by atoms with van der Waals surface area (Å²) in [5, 5.41) is 8.67. The van der Waals surface area contributed by atoms with E-state index in [-0.39, 0.29) is 5.91 Å². The van der Waals surface area contributed by atoms with E-state index < -0.39 is 0 Å². The number of nitrogens with zero attached hydrogens (tertiary/aromatic N) is 3. The topological polar surface area (TPSA) is 51.9 Å². The van der Waals surface area contributed by atoms with Crippen LogP contribution in [0.25, 0.3) is 10.9 Å². The number of nitrogens with one attached hydrogen (secondary N) is 1. The molecule has 0 radical (unpaired) electrons. The average Bonchev–Trinajstić information content (AvgIpc) is 3.17. The fraction of sp³-hybridized carbons (Fsp3) is 0.294. The summed E-state index contributed by atoms with van der Waals surface area (Å²) < 4.78 is 3.76. The Morgan fingerprint density at radius 2 is 2.22 bits per heavy atom. The lowest BCUT2D eigenvalue weighted by Crippen LogP contribution is -2.20. The molecule has 118 valence electrons. The molecule has 1 N–H and O–H groups in total. The van der Waals surface area contributed by atoms with Crippen molar-refractivity contribution in [2.24, 2.45) is 7.05 Å². The highest BCUT2D eigenvalue weighted by molar-refractivity contribution is 7.98. The SMILES string of the molecule is Cc1ccc2c(ccn2CC(=O)Nc2c3c(nn2C)CSC3)c1. The molecule has 0 unspecified atom stereocenters. The second-order valence-electron chi connectivity index (χ2n) is 5.94. The molecule has 3 aromatic rings. The number of thioether (sulfide) groups is 1. The standard InChI is InChI=1S/C17H18N4OS/c1-11-3-4-15-12(7-11)5-6-21(15)8-16(22)18-17-13-9-23-10-14(13)19-20(17)2/h3-7H,8-10H2,1-2H3,(H,18,22). The zero-order valence-corrected chi connectivity index (χ0v) is 14.0. The second-order valence-corrected chi connectivity index (χ2v) is 6.93. The van der Waals surface area contributed by atoms with Gasteiger partial charge in [0.05, 0.1) is 5.69 Å². The summed E-state index contributed by atoms with van der Waals surface area (Å²) in [5.41, 5.74) is 4.56. The van der Waals surface area contributed by atoms with Gasteiger partial charge in [-0.3, -0.25) is 9.48 Å². The quantitative estimate of drug-likeness (QED) is 0.805. The van der Waals surface area contributed by atoms with Crippen LogP contribution in [0.5, 0.6) is 0 Å². The molecule has 5 nitrogen and oxygen atoms in total. The van der Waals surface area contributed by atoms with Crippen LogP contribution in [0.15, 0.2) is 30.5 Å². The van der Waals surface area contributed by atoms with Crippen molar-refractivity contribution in [3.05, 3.63) is 47.3 Å². The maximum absolute atomic E-state index is 12.5. The second kappa shape index (κ2) is 5.45. The van der Waals surface area contributed by atoms with Gasteiger partial charge in [-0.15, -0.1) is 0 Å². The molecule has 1 aliphatic heterocycles. The smallest absolute Gasteiger partial charge is 0.245 e. The van der Waals surface area contributed by atoms with Crippen LogP contribution >= 0.6 is 11.8 Å². The van der Waals surface area contributed by atoms with Gasteiger partial charge in [-0.2, -0.15) is 16.9 Å². The molecule has 0 aliphatic carbocycles. The summed E-state index contributed by atoms with van der Waals surface area (Å²) in [6, 6.07) is 8.32. The lowest BCUT2D eigenvalue weighted by molar-refractivity contribution is -0.116. The molecule has 6 heteroatoms. The third-order valence-corrected chi connectivity index (χ3v) is 5.18. The zero-order valence-electron chi connectivity index (χ0n) is 13.2. The summed E-state index contributed by atoms with van der Waals surface area (Å²) in [6.07, 6.45) is 1.97. The number of rotatable bonds is 3. The van der Waals surface area contributed by atoms with Crippen molar-refractivity contribution in [1.29, 1.82) is 0 Å². The predicted molar refractivity (Wildman–Crippen MR) is 93.5 cm³/mol. The Bertz CT molecular complexity index is 909. The molecule has 0 saturated heterocycles. The largest absolute Gasteiger partial charge is 0.338 e. The maximum Gasteiger partial charge on any atom is 0.245 e. The Kier molecular flexibility index (Phi) is 3.41. The van der Waals surface area contributed by atoms with Crippen molar-refractivity contribution in [3.63, 3.8) is 0 Å². The van der Waals surface area contributed by atoms with E-state index in [0.717, 1.165) is 33.9 Å². The van der Waals surface area contributed by atoms with E-state index in [0.29, 0.717) is 6.54 Å². The number of amides is 1. The van der Waals surface area contributed by atoms with Crippen LogP contribution in [0, 0.1) is 6.92 Å². The van der Waals surface area contributed by atoms with Gasteiger partial charge in [-0.05, 0) is 30.5 Å². The Morgan fingerprint density at radius 1 is 1.35 bits per heavy atom. The number of fused-ring (bicyclic) bond motifs is 2. The van der Waals surface area contributed by atoms with Crippen LogP contribution in [0.2, 0.25) is 0 Å². The first kappa shape index (κ1) is 14.4. The zero-order chi connectivity index (χ0) is 16.0. The van der Waals surface area contributed by atoms with E-state index in [1.807, 2.05) is 35.6 Å². The highest BCUT2D eigenvalue weighted by Crippen LogP contribution is 2.34. The van der Waals surface area contributed by atoms with Gasteiger partial charge in [0, 0.05) is 35.8 Å². The van der Waals surface area contributed by atoms with Crippen molar-refractivity contribution in [1.82, 2.24) is 14.3 Å². The summed E-state index contributed by atoms with van der Waals surface area (Å²) in [4.78, 5) is 12.5. The van der Waals surface area contributed by atoms with Gasteiger partial charge in [-0.25, -0.2) is 0 Å². The number of hydrogen-bond donors (Lipinski definition) is 1. The van der Waals surface area contributed by atoms with Crippen LogP contribution in [-0.2, 0) is 29.9 Å². The van der Waals surface area contributed by atoms with Crippen molar-refractivity contribution < 1.29 is 4.79 Å². The average molecular weight is 326 g/mol.